The molecule has 0 aromatic rings. The SMILES string of the molecule is CC(=O)C12CC3(C(C)=O)CC(C(C)=O)(C1)CC(C(C)=O)(C2)C3. The van der Waals surface area contributed by atoms with Crippen molar-refractivity contribution in [1.29, 1.82) is 0 Å². The van der Waals surface area contributed by atoms with Crippen LogP contribution in [0, 0.1) is 21.7 Å². The van der Waals surface area contributed by atoms with E-state index >= 15 is 0 Å². The van der Waals surface area contributed by atoms with Gasteiger partial charge in [-0.1, -0.05) is 0 Å². The van der Waals surface area contributed by atoms with Crippen LogP contribution in [0.1, 0.15) is 66.2 Å². The highest BCUT2D eigenvalue weighted by Crippen LogP contribution is 2.74. The largest absolute Gasteiger partial charge is 0.299 e. The molecule has 120 valence electrons. The van der Waals surface area contributed by atoms with E-state index in [-0.39, 0.29) is 23.1 Å². The van der Waals surface area contributed by atoms with Gasteiger partial charge in [0.2, 0.25) is 0 Å². The fraction of sp³-hybridized carbons (Fsp3) is 0.778. The normalized spacial score (nSPS) is 45.6. The topological polar surface area (TPSA) is 68.3 Å². The summed E-state index contributed by atoms with van der Waals surface area (Å²) in [5.74, 6) is 0.143. The Bertz CT molecular complexity index is 471. The maximum Gasteiger partial charge on any atom is 0.136 e. The Morgan fingerprint density at radius 2 is 0.591 bits per heavy atom. The van der Waals surface area contributed by atoms with Crippen LogP contribution in [0.15, 0.2) is 0 Å². The van der Waals surface area contributed by atoms with Crippen molar-refractivity contribution < 1.29 is 19.2 Å². The molecule has 4 rings (SSSR count). The molecule has 4 saturated carbocycles. The average molecular weight is 304 g/mol. The number of hydrogen-bond donors (Lipinski definition) is 0. The monoisotopic (exact) mass is 304 g/mol. The van der Waals surface area contributed by atoms with Gasteiger partial charge in [0.05, 0.1) is 0 Å². The first-order valence-corrected chi connectivity index (χ1v) is 8.06. The molecule has 0 radical (unpaired) electrons. The van der Waals surface area contributed by atoms with E-state index in [1.165, 1.54) is 0 Å². The van der Waals surface area contributed by atoms with Crippen molar-refractivity contribution in [3.63, 3.8) is 0 Å². The molecule has 0 N–H and O–H groups in total. The standard InChI is InChI=1S/C18H24O4/c1-11(19)15-5-16(12(2)20)8-17(6-15,13(3)21)10-18(7-15,9-16)14(4)22/h5-10H2,1-4H3. The van der Waals surface area contributed by atoms with Crippen molar-refractivity contribution in [3.05, 3.63) is 0 Å². The summed E-state index contributed by atoms with van der Waals surface area (Å²) >= 11 is 0. The van der Waals surface area contributed by atoms with Gasteiger partial charge in [-0.25, -0.2) is 0 Å². The van der Waals surface area contributed by atoms with Crippen LogP contribution >= 0.6 is 0 Å². The zero-order chi connectivity index (χ0) is 16.6. The van der Waals surface area contributed by atoms with Crippen molar-refractivity contribution in [2.24, 2.45) is 21.7 Å². The van der Waals surface area contributed by atoms with Crippen LogP contribution in [-0.2, 0) is 19.2 Å². The van der Waals surface area contributed by atoms with Crippen molar-refractivity contribution in [3.8, 4) is 0 Å². The first kappa shape index (κ1) is 15.6. The molecule has 4 heteroatoms. The lowest BCUT2D eigenvalue weighted by Gasteiger charge is -2.68. The predicted octanol–water partition coefficient (Wildman–Crippen LogP) is 2.67. The molecule has 0 amide bonds. The second-order valence-corrected chi connectivity index (χ2v) is 8.41. The van der Waals surface area contributed by atoms with Crippen LogP contribution in [0.5, 0.6) is 0 Å². The summed E-state index contributed by atoms with van der Waals surface area (Å²) < 4.78 is 0. The molecular weight excluding hydrogens is 280 g/mol. The first-order valence-electron chi connectivity index (χ1n) is 8.06. The molecule has 4 fully saturated rings. The first-order chi connectivity index (χ1) is 10.0. The van der Waals surface area contributed by atoms with Gasteiger partial charge in [0.25, 0.3) is 0 Å². The highest BCUT2D eigenvalue weighted by molar-refractivity contribution is 5.96. The van der Waals surface area contributed by atoms with Gasteiger partial charge in [0.15, 0.2) is 0 Å². The maximum atomic E-state index is 12.5. The van der Waals surface area contributed by atoms with Gasteiger partial charge in [-0.15, -0.1) is 0 Å². The highest BCUT2D eigenvalue weighted by Gasteiger charge is 2.72. The van der Waals surface area contributed by atoms with Crippen LogP contribution < -0.4 is 0 Å². The van der Waals surface area contributed by atoms with E-state index < -0.39 is 21.7 Å². The molecule has 4 bridgehead atoms. The van der Waals surface area contributed by atoms with E-state index in [2.05, 4.69) is 0 Å². The Balaban J connectivity index is 2.26. The van der Waals surface area contributed by atoms with Crippen molar-refractivity contribution in [2.45, 2.75) is 66.2 Å². The van der Waals surface area contributed by atoms with Crippen LogP contribution in [0.3, 0.4) is 0 Å². The molecule has 0 aliphatic heterocycles. The number of carbonyl (C=O) groups excluding carboxylic acids is 4. The third-order valence-electron chi connectivity index (χ3n) is 7.05. The number of Topliss-reactive ketones (excluding diaryl/α,β-unsaturated/α-hetero) is 4. The molecule has 0 spiro atoms. The van der Waals surface area contributed by atoms with Crippen molar-refractivity contribution in [2.75, 3.05) is 0 Å². The fourth-order valence-electron chi connectivity index (χ4n) is 6.13. The molecule has 4 nitrogen and oxygen atoms in total. The molecule has 4 aliphatic carbocycles. The van der Waals surface area contributed by atoms with E-state index in [4.69, 9.17) is 0 Å². The Labute approximate surface area is 131 Å². The third-order valence-corrected chi connectivity index (χ3v) is 7.05. The highest BCUT2D eigenvalue weighted by atomic mass is 16.1. The summed E-state index contributed by atoms with van der Waals surface area (Å²) in [6.45, 7) is 6.23. The van der Waals surface area contributed by atoms with Gasteiger partial charge < -0.3 is 0 Å². The molecule has 0 aromatic heterocycles. The van der Waals surface area contributed by atoms with Crippen molar-refractivity contribution in [1.82, 2.24) is 0 Å². The molecule has 4 aliphatic rings. The second kappa shape index (κ2) is 4.15. The van der Waals surface area contributed by atoms with Crippen LogP contribution in [0.25, 0.3) is 0 Å². The molecular formula is C18H24O4. The minimum absolute atomic E-state index is 0.0356. The molecule has 22 heavy (non-hydrogen) atoms. The quantitative estimate of drug-likeness (QED) is 0.800. The second-order valence-electron chi connectivity index (χ2n) is 8.41. The Morgan fingerprint density at radius 3 is 0.682 bits per heavy atom. The summed E-state index contributed by atoms with van der Waals surface area (Å²) in [5.41, 5.74) is -2.68. The fourth-order valence-corrected chi connectivity index (χ4v) is 6.13. The Kier molecular flexibility index (Phi) is 2.94. The zero-order valence-electron chi connectivity index (χ0n) is 13.9. The molecule has 0 saturated heterocycles. The summed E-state index contributed by atoms with van der Waals surface area (Å²) in [4.78, 5) is 49.8. The van der Waals surface area contributed by atoms with E-state index in [9.17, 15) is 19.2 Å². The molecule has 0 atom stereocenters. The van der Waals surface area contributed by atoms with E-state index in [0.29, 0.717) is 38.5 Å². The summed E-state index contributed by atoms with van der Waals surface area (Å²) in [7, 11) is 0. The average Bonchev–Trinajstić information content (AvgIpc) is 2.36. The molecule has 0 aromatic carbocycles. The maximum absolute atomic E-state index is 12.5. The van der Waals surface area contributed by atoms with Crippen LogP contribution in [0.4, 0.5) is 0 Å². The Hall–Kier alpha value is -1.32. The number of hydrogen-bond acceptors (Lipinski definition) is 4. The Morgan fingerprint density at radius 1 is 0.455 bits per heavy atom. The molecule has 0 unspecified atom stereocenters. The van der Waals surface area contributed by atoms with Crippen LogP contribution in [-0.4, -0.2) is 23.1 Å². The summed E-state index contributed by atoms with van der Waals surface area (Å²) in [6.07, 6.45) is 3.14. The lowest BCUT2D eigenvalue weighted by molar-refractivity contribution is -0.202. The number of ketones is 4. The van der Waals surface area contributed by atoms with E-state index in [1.807, 2.05) is 0 Å². The zero-order valence-corrected chi connectivity index (χ0v) is 13.9. The predicted molar refractivity (Wildman–Crippen MR) is 80.2 cm³/mol. The van der Waals surface area contributed by atoms with Gasteiger partial charge in [-0.05, 0) is 66.2 Å². The minimum atomic E-state index is -0.669. The van der Waals surface area contributed by atoms with Gasteiger partial charge in [0, 0.05) is 21.7 Å². The van der Waals surface area contributed by atoms with Gasteiger partial charge >= 0.3 is 0 Å². The summed E-state index contributed by atoms with van der Waals surface area (Å²) in [6, 6.07) is 0. The van der Waals surface area contributed by atoms with E-state index in [0.717, 1.165) is 0 Å². The molecule has 0 heterocycles. The van der Waals surface area contributed by atoms with Gasteiger partial charge in [-0.2, -0.15) is 0 Å². The van der Waals surface area contributed by atoms with Crippen LogP contribution in [0.2, 0.25) is 0 Å². The van der Waals surface area contributed by atoms with Gasteiger partial charge in [-0.3, -0.25) is 19.2 Å². The lowest BCUT2D eigenvalue weighted by atomic mass is 9.33. The van der Waals surface area contributed by atoms with Crippen molar-refractivity contribution >= 4 is 23.1 Å². The third kappa shape index (κ3) is 1.70. The number of rotatable bonds is 4. The smallest absolute Gasteiger partial charge is 0.136 e. The minimum Gasteiger partial charge on any atom is -0.299 e. The van der Waals surface area contributed by atoms with Gasteiger partial charge in [0.1, 0.15) is 23.1 Å². The lowest BCUT2D eigenvalue weighted by Crippen LogP contribution is -2.67. The number of carbonyl (C=O) groups is 4. The van der Waals surface area contributed by atoms with E-state index in [1.54, 1.807) is 27.7 Å². The summed E-state index contributed by atoms with van der Waals surface area (Å²) in [5, 5.41) is 0.